The topological polar surface area (TPSA) is 66.5 Å². The number of hydrogen-bond donors (Lipinski definition) is 3. The highest BCUT2D eigenvalue weighted by Crippen LogP contribution is 2.30. The summed E-state index contributed by atoms with van der Waals surface area (Å²) in [5.41, 5.74) is 6.20. The van der Waals surface area contributed by atoms with Gasteiger partial charge in [0.05, 0.1) is 0 Å². The smallest absolute Gasteiger partial charge is 0.158 e. The van der Waals surface area contributed by atoms with Crippen molar-refractivity contribution in [2.24, 2.45) is 0 Å². The average molecular weight is 175 g/mol. The minimum Gasteiger partial charge on any atom is -0.504 e. The van der Waals surface area contributed by atoms with Gasteiger partial charge in [0.25, 0.3) is 0 Å². The first-order chi connectivity index (χ1) is 6.16. The van der Waals surface area contributed by atoms with E-state index in [0.29, 0.717) is 5.69 Å². The van der Waals surface area contributed by atoms with E-state index in [9.17, 15) is 10.2 Å². The van der Waals surface area contributed by atoms with Crippen molar-refractivity contribution in [3.8, 4) is 11.5 Å². The van der Waals surface area contributed by atoms with Crippen LogP contribution < -0.4 is 5.73 Å². The highest BCUT2D eigenvalue weighted by molar-refractivity contribution is 5.88. The summed E-state index contributed by atoms with van der Waals surface area (Å²) in [5.74, 6) is -0.240. The molecule has 3 nitrogen and oxygen atoms in total. The lowest BCUT2D eigenvalue weighted by atomic mass is 10.1. The quantitative estimate of drug-likeness (QED) is 0.422. The maximum Gasteiger partial charge on any atom is 0.158 e. The fourth-order valence-electron chi connectivity index (χ4n) is 1.29. The summed E-state index contributed by atoms with van der Waals surface area (Å²) in [6.07, 6.45) is 0. The Hall–Kier alpha value is -1.90. The molecule has 0 radical (unpaired) electrons. The molecule has 0 saturated carbocycles. The predicted molar refractivity (Wildman–Crippen MR) is 51.7 cm³/mol. The van der Waals surface area contributed by atoms with Gasteiger partial charge < -0.3 is 15.9 Å². The van der Waals surface area contributed by atoms with E-state index in [2.05, 4.69) is 0 Å². The van der Waals surface area contributed by atoms with Gasteiger partial charge in [-0.05, 0) is 35.0 Å². The molecule has 13 heavy (non-hydrogen) atoms. The number of phenolic OH excluding ortho intramolecular Hbond substituents is 2. The maximum absolute atomic E-state index is 9.22. The van der Waals surface area contributed by atoms with Gasteiger partial charge in [-0.2, -0.15) is 0 Å². The molecule has 0 unspecified atom stereocenters. The molecule has 2 aromatic carbocycles. The normalized spacial score (nSPS) is 10.5. The summed E-state index contributed by atoms with van der Waals surface area (Å²) >= 11 is 0. The molecule has 2 aromatic rings. The summed E-state index contributed by atoms with van der Waals surface area (Å²) in [6, 6.07) is 8.28. The number of nitrogens with two attached hydrogens (primary N) is 1. The van der Waals surface area contributed by atoms with Gasteiger partial charge >= 0.3 is 0 Å². The molecule has 0 aliphatic carbocycles. The van der Waals surface area contributed by atoms with Gasteiger partial charge in [0.2, 0.25) is 0 Å². The number of aromatic hydroxyl groups is 2. The lowest BCUT2D eigenvalue weighted by Gasteiger charge is -2.02. The summed E-state index contributed by atoms with van der Waals surface area (Å²) in [4.78, 5) is 0. The molecule has 0 amide bonds. The van der Waals surface area contributed by atoms with Crippen LogP contribution in [0.5, 0.6) is 11.5 Å². The van der Waals surface area contributed by atoms with E-state index in [4.69, 9.17) is 5.73 Å². The molecule has 0 saturated heterocycles. The maximum atomic E-state index is 9.22. The Bertz CT molecular complexity index is 466. The second-order valence-electron chi connectivity index (χ2n) is 2.95. The van der Waals surface area contributed by atoms with Crippen molar-refractivity contribution in [2.45, 2.75) is 0 Å². The van der Waals surface area contributed by atoms with Crippen LogP contribution in [-0.4, -0.2) is 10.2 Å². The molecule has 0 aliphatic heterocycles. The number of fused-ring (bicyclic) bond motifs is 1. The number of benzene rings is 2. The number of rotatable bonds is 0. The standard InChI is InChI=1S/C10H9NO2/c11-8-2-1-6-4-9(12)10(13)5-7(6)3-8/h1-5,12-13H,11H2. The molecule has 0 aromatic heterocycles. The van der Waals surface area contributed by atoms with E-state index in [0.717, 1.165) is 10.8 Å². The van der Waals surface area contributed by atoms with Gasteiger partial charge in [0.15, 0.2) is 11.5 Å². The van der Waals surface area contributed by atoms with Crippen molar-refractivity contribution in [2.75, 3.05) is 5.73 Å². The monoisotopic (exact) mass is 175 g/mol. The highest BCUT2D eigenvalue weighted by atomic mass is 16.3. The summed E-state index contributed by atoms with van der Waals surface area (Å²) in [5, 5.41) is 20.1. The largest absolute Gasteiger partial charge is 0.504 e. The van der Waals surface area contributed by atoms with Crippen molar-refractivity contribution >= 4 is 16.5 Å². The molecule has 0 atom stereocenters. The van der Waals surface area contributed by atoms with E-state index in [1.54, 1.807) is 18.2 Å². The van der Waals surface area contributed by atoms with Gasteiger partial charge in [-0.15, -0.1) is 0 Å². The first-order valence-corrected chi connectivity index (χ1v) is 3.88. The molecular weight excluding hydrogens is 166 g/mol. The van der Waals surface area contributed by atoms with E-state index in [-0.39, 0.29) is 11.5 Å². The Morgan fingerprint density at radius 3 is 2.15 bits per heavy atom. The zero-order valence-corrected chi connectivity index (χ0v) is 6.86. The number of anilines is 1. The molecule has 66 valence electrons. The summed E-state index contributed by atoms with van der Waals surface area (Å²) in [7, 11) is 0. The zero-order valence-electron chi connectivity index (χ0n) is 6.86. The van der Waals surface area contributed by atoms with E-state index in [1.807, 2.05) is 0 Å². The molecule has 0 heterocycles. The molecule has 3 heteroatoms. The van der Waals surface area contributed by atoms with Crippen LogP contribution in [0.25, 0.3) is 10.8 Å². The Labute approximate surface area is 75.0 Å². The molecule has 0 spiro atoms. The van der Waals surface area contributed by atoms with Crippen molar-refractivity contribution in [3.05, 3.63) is 30.3 Å². The first kappa shape index (κ1) is 7.73. The fraction of sp³-hybridized carbons (Fsp3) is 0. The van der Waals surface area contributed by atoms with Gasteiger partial charge in [-0.25, -0.2) is 0 Å². The van der Waals surface area contributed by atoms with Crippen LogP contribution >= 0.6 is 0 Å². The van der Waals surface area contributed by atoms with Crippen LogP contribution in [0, 0.1) is 0 Å². The average Bonchev–Trinajstić information content (AvgIpc) is 2.08. The minimum atomic E-state index is -0.127. The van der Waals surface area contributed by atoms with E-state index in [1.165, 1.54) is 12.1 Å². The molecule has 2 rings (SSSR count). The molecule has 0 fully saturated rings. The lowest BCUT2D eigenvalue weighted by Crippen LogP contribution is -1.83. The van der Waals surface area contributed by atoms with Crippen molar-refractivity contribution in [1.82, 2.24) is 0 Å². The van der Waals surface area contributed by atoms with Crippen LogP contribution in [0.2, 0.25) is 0 Å². The van der Waals surface area contributed by atoms with Gasteiger partial charge in [0, 0.05) is 5.69 Å². The number of hydrogen-bond acceptors (Lipinski definition) is 3. The third-order valence-corrected chi connectivity index (χ3v) is 1.96. The van der Waals surface area contributed by atoms with E-state index >= 15 is 0 Å². The van der Waals surface area contributed by atoms with Crippen LogP contribution in [0.1, 0.15) is 0 Å². The van der Waals surface area contributed by atoms with Crippen molar-refractivity contribution in [1.29, 1.82) is 0 Å². The summed E-state index contributed by atoms with van der Waals surface area (Å²) in [6.45, 7) is 0. The van der Waals surface area contributed by atoms with Crippen LogP contribution in [0.4, 0.5) is 5.69 Å². The van der Waals surface area contributed by atoms with Crippen LogP contribution in [0.3, 0.4) is 0 Å². The van der Waals surface area contributed by atoms with Crippen molar-refractivity contribution < 1.29 is 10.2 Å². The highest BCUT2D eigenvalue weighted by Gasteiger charge is 2.01. The first-order valence-electron chi connectivity index (χ1n) is 3.88. The van der Waals surface area contributed by atoms with Gasteiger partial charge in [0.1, 0.15) is 0 Å². The van der Waals surface area contributed by atoms with Crippen LogP contribution in [0.15, 0.2) is 30.3 Å². The third kappa shape index (κ3) is 1.24. The minimum absolute atomic E-state index is 0.114. The zero-order chi connectivity index (χ0) is 9.42. The Balaban J connectivity index is 2.81. The summed E-state index contributed by atoms with van der Waals surface area (Å²) < 4.78 is 0. The number of phenols is 2. The fourth-order valence-corrected chi connectivity index (χ4v) is 1.29. The van der Waals surface area contributed by atoms with Gasteiger partial charge in [-0.3, -0.25) is 0 Å². The SMILES string of the molecule is Nc1ccc2cc(O)c(O)cc2c1. The predicted octanol–water partition coefficient (Wildman–Crippen LogP) is 1.83. The molecule has 0 aliphatic rings. The lowest BCUT2D eigenvalue weighted by molar-refractivity contribution is 0.405. The Morgan fingerprint density at radius 1 is 0.846 bits per heavy atom. The molecule has 4 N–H and O–H groups in total. The second-order valence-corrected chi connectivity index (χ2v) is 2.95. The molecular formula is C10H9NO2. The van der Waals surface area contributed by atoms with Gasteiger partial charge in [-0.1, -0.05) is 6.07 Å². The Kier molecular flexibility index (Phi) is 1.52. The van der Waals surface area contributed by atoms with Crippen LogP contribution in [-0.2, 0) is 0 Å². The van der Waals surface area contributed by atoms with E-state index < -0.39 is 0 Å². The van der Waals surface area contributed by atoms with Crippen molar-refractivity contribution in [3.63, 3.8) is 0 Å². The second kappa shape index (κ2) is 2.55. The molecule has 0 bridgehead atoms. The number of nitrogen functional groups attached to an aromatic ring is 1. The third-order valence-electron chi connectivity index (χ3n) is 1.96. The Morgan fingerprint density at radius 2 is 1.46 bits per heavy atom.